The molecule has 33 heavy (non-hydrogen) atoms. The zero-order valence-corrected chi connectivity index (χ0v) is 16.8. The van der Waals surface area contributed by atoms with E-state index in [4.69, 9.17) is 8.83 Å². The minimum Gasteiger partial charge on any atom is -0.508 e. The first-order chi connectivity index (χ1) is 15.9. The van der Waals surface area contributed by atoms with Gasteiger partial charge in [-0.3, -0.25) is 9.59 Å². The molecule has 0 radical (unpaired) electrons. The van der Waals surface area contributed by atoms with E-state index in [2.05, 4.69) is 0 Å². The molecule has 1 aromatic heterocycles. The summed E-state index contributed by atoms with van der Waals surface area (Å²) in [4.78, 5) is 25.5. The number of benzene rings is 4. The van der Waals surface area contributed by atoms with Gasteiger partial charge in [-0.05, 0) is 42.5 Å². The molecule has 0 saturated heterocycles. The van der Waals surface area contributed by atoms with Gasteiger partial charge in [0.05, 0.1) is 10.8 Å². The molecule has 3 N–H and O–H groups in total. The lowest BCUT2D eigenvalue weighted by atomic mass is 9.91. The highest BCUT2D eigenvalue weighted by molar-refractivity contribution is 6.10. The van der Waals surface area contributed by atoms with Crippen LogP contribution in [0.2, 0.25) is 0 Å². The molecule has 0 spiro atoms. The van der Waals surface area contributed by atoms with E-state index >= 15 is 0 Å². The van der Waals surface area contributed by atoms with Crippen LogP contribution in [-0.2, 0) is 0 Å². The third-order valence-electron chi connectivity index (χ3n) is 5.69. The quantitative estimate of drug-likeness (QED) is 0.311. The van der Waals surface area contributed by atoms with Gasteiger partial charge in [0.25, 0.3) is 0 Å². The summed E-state index contributed by atoms with van der Waals surface area (Å²) in [7, 11) is 0. The van der Waals surface area contributed by atoms with Gasteiger partial charge >= 0.3 is 0 Å². The fourth-order valence-corrected chi connectivity index (χ4v) is 4.30. The molecule has 1 aliphatic heterocycles. The maximum atomic E-state index is 13.5. The van der Waals surface area contributed by atoms with Crippen molar-refractivity contribution in [3.05, 3.63) is 87.2 Å². The molecule has 4 aromatic rings. The molecule has 7 nitrogen and oxygen atoms in total. The van der Waals surface area contributed by atoms with E-state index < -0.39 is 0 Å². The van der Waals surface area contributed by atoms with E-state index in [1.165, 1.54) is 54.6 Å². The second-order valence-electron chi connectivity index (χ2n) is 7.79. The summed E-state index contributed by atoms with van der Waals surface area (Å²) in [6, 6.07) is 15.9. The molecular weight excluding hydrogens is 424 g/mol. The van der Waals surface area contributed by atoms with E-state index in [1.54, 1.807) is 12.1 Å². The highest BCUT2D eigenvalue weighted by Crippen LogP contribution is 2.44. The molecule has 2 aliphatic rings. The minimum absolute atomic E-state index is 0.0269. The van der Waals surface area contributed by atoms with Gasteiger partial charge in [-0.1, -0.05) is 0 Å². The maximum absolute atomic E-state index is 13.5. The standard InChI is InChI=1S/C26H14O7/c27-12-1-4-16-20(8-12)32-21-9-13(28)2-5-17(21)24(16)19-7-15(30)11-23-25(19)26(31)18-6-3-14(29)10-22(18)33-23/h1-11,27,29-30H. The number of fused-ring (bicyclic) bond motifs is 4. The van der Waals surface area contributed by atoms with Crippen molar-refractivity contribution >= 4 is 32.9 Å². The average molecular weight is 438 g/mol. The van der Waals surface area contributed by atoms with Crippen LogP contribution in [0.25, 0.3) is 55.4 Å². The first-order valence-corrected chi connectivity index (χ1v) is 10.0. The van der Waals surface area contributed by atoms with E-state index in [0.29, 0.717) is 27.7 Å². The molecule has 0 atom stereocenters. The molecule has 0 saturated carbocycles. The predicted molar refractivity (Wildman–Crippen MR) is 123 cm³/mol. The van der Waals surface area contributed by atoms with Crippen LogP contribution in [-0.4, -0.2) is 15.3 Å². The highest BCUT2D eigenvalue weighted by atomic mass is 16.3. The number of aromatic hydroxyl groups is 3. The molecular formula is C26H14O7. The van der Waals surface area contributed by atoms with Crippen LogP contribution in [0.1, 0.15) is 0 Å². The molecule has 0 fully saturated rings. The van der Waals surface area contributed by atoms with Gasteiger partial charge < -0.3 is 24.2 Å². The predicted octanol–water partition coefficient (Wildman–Crippen LogP) is 4.94. The Morgan fingerprint density at radius 2 is 1.24 bits per heavy atom. The van der Waals surface area contributed by atoms with Crippen molar-refractivity contribution in [2.75, 3.05) is 0 Å². The van der Waals surface area contributed by atoms with E-state index in [1.807, 2.05) is 0 Å². The van der Waals surface area contributed by atoms with Gasteiger partial charge in [0, 0.05) is 46.3 Å². The van der Waals surface area contributed by atoms with Crippen molar-refractivity contribution in [3.8, 4) is 39.7 Å². The third-order valence-corrected chi connectivity index (χ3v) is 5.69. The second-order valence-corrected chi connectivity index (χ2v) is 7.79. The van der Waals surface area contributed by atoms with Crippen molar-refractivity contribution in [1.82, 2.24) is 0 Å². The Morgan fingerprint density at radius 3 is 2.00 bits per heavy atom. The van der Waals surface area contributed by atoms with Crippen LogP contribution in [0.15, 0.2) is 85.2 Å². The molecule has 0 bridgehead atoms. The lowest BCUT2D eigenvalue weighted by Gasteiger charge is -2.17. The minimum atomic E-state index is -0.345. The molecule has 7 heteroatoms. The van der Waals surface area contributed by atoms with E-state index in [-0.39, 0.29) is 55.8 Å². The van der Waals surface area contributed by atoms with Gasteiger partial charge in [0.1, 0.15) is 39.8 Å². The summed E-state index contributed by atoms with van der Waals surface area (Å²) >= 11 is 0. The largest absolute Gasteiger partial charge is 0.508 e. The number of hydrogen-bond acceptors (Lipinski definition) is 7. The Kier molecular flexibility index (Phi) is 3.79. The number of rotatable bonds is 1. The summed E-state index contributed by atoms with van der Waals surface area (Å²) in [6.07, 6.45) is 0. The number of hydrogen-bond donors (Lipinski definition) is 3. The fraction of sp³-hybridized carbons (Fsp3) is 0. The summed E-state index contributed by atoms with van der Waals surface area (Å²) in [5, 5.41) is 31.3. The SMILES string of the molecule is O=c1ccc2c(-c3cc(O)cc4oc5cc(O)ccc5c(=O)c34)c3ccc(O)cc3oc-2c1. The summed E-state index contributed by atoms with van der Waals surface area (Å²) in [6.45, 7) is 0. The molecule has 160 valence electrons. The third kappa shape index (κ3) is 2.83. The number of phenols is 3. The summed E-state index contributed by atoms with van der Waals surface area (Å²) < 4.78 is 11.8. The molecule has 1 aliphatic carbocycles. The van der Waals surface area contributed by atoms with Crippen LogP contribution in [0, 0.1) is 0 Å². The number of phenolic OH excluding ortho intramolecular Hbond substituents is 3. The van der Waals surface area contributed by atoms with Crippen molar-refractivity contribution in [3.63, 3.8) is 0 Å². The van der Waals surface area contributed by atoms with Gasteiger partial charge in [-0.25, -0.2) is 0 Å². The topological polar surface area (TPSA) is 121 Å². The van der Waals surface area contributed by atoms with Crippen LogP contribution >= 0.6 is 0 Å². The van der Waals surface area contributed by atoms with E-state index in [9.17, 15) is 24.9 Å². The van der Waals surface area contributed by atoms with Crippen LogP contribution in [0.5, 0.6) is 17.2 Å². The fourth-order valence-electron chi connectivity index (χ4n) is 4.30. The zero-order chi connectivity index (χ0) is 22.9. The Bertz CT molecular complexity index is 1840. The van der Waals surface area contributed by atoms with Gasteiger partial charge in [-0.2, -0.15) is 0 Å². The zero-order valence-electron chi connectivity index (χ0n) is 16.8. The highest BCUT2D eigenvalue weighted by Gasteiger charge is 2.22. The molecule has 0 unspecified atom stereocenters. The van der Waals surface area contributed by atoms with Gasteiger partial charge in [0.2, 0.25) is 5.43 Å². The Labute approximate surface area is 184 Å². The Balaban J connectivity index is 1.86. The van der Waals surface area contributed by atoms with Crippen LogP contribution in [0.3, 0.4) is 0 Å². The smallest absolute Gasteiger partial charge is 0.201 e. The van der Waals surface area contributed by atoms with Crippen molar-refractivity contribution in [1.29, 1.82) is 0 Å². The Hall–Kier alpha value is -4.78. The molecule has 2 heterocycles. The molecule has 6 rings (SSSR count). The maximum Gasteiger partial charge on any atom is 0.201 e. The van der Waals surface area contributed by atoms with Crippen molar-refractivity contribution < 1.29 is 24.2 Å². The van der Waals surface area contributed by atoms with Crippen molar-refractivity contribution in [2.45, 2.75) is 0 Å². The van der Waals surface area contributed by atoms with Crippen molar-refractivity contribution in [2.24, 2.45) is 0 Å². The lowest BCUT2D eigenvalue weighted by Crippen LogP contribution is -2.05. The van der Waals surface area contributed by atoms with Gasteiger partial charge in [0.15, 0.2) is 5.43 Å². The first kappa shape index (κ1) is 18.9. The molecule has 0 amide bonds. The van der Waals surface area contributed by atoms with Crippen LogP contribution in [0.4, 0.5) is 0 Å². The lowest BCUT2D eigenvalue weighted by molar-refractivity contribution is 0.473. The normalized spacial score (nSPS) is 11.6. The first-order valence-electron chi connectivity index (χ1n) is 10.0. The average Bonchev–Trinajstić information content (AvgIpc) is 2.76. The summed E-state index contributed by atoms with van der Waals surface area (Å²) in [5.74, 6) is 0.0461. The summed E-state index contributed by atoms with van der Waals surface area (Å²) in [5.41, 5.74) is 1.48. The second kappa shape index (κ2) is 6.61. The van der Waals surface area contributed by atoms with Gasteiger partial charge in [-0.15, -0.1) is 0 Å². The monoisotopic (exact) mass is 438 g/mol. The molecule has 3 aromatic carbocycles. The van der Waals surface area contributed by atoms with Crippen LogP contribution < -0.4 is 10.9 Å². The van der Waals surface area contributed by atoms with E-state index in [0.717, 1.165) is 0 Å². The Morgan fingerprint density at radius 1 is 0.576 bits per heavy atom.